The summed E-state index contributed by atoms with van der Waals surface area (Å²) in [6.07, 6.45) is 1.22. The van der Waals surface area contributed by atoms with Crippen molar-refractivity contribution in [3.05, 3.63) is 90.5 Å². The Balaban J connectivity index is 1.57. The Morgan fingerprint density at radius 3 is 2.34 bits per heavy atom. The molecule has 0 radical (unpaired) electrons. The minimum Gasteiger partial charge on any atom is -0.359 e. The topological polar surface area (TPSA) is 52.7 Å². The number of piperazine rings is 1. The van der Waals surface area contributed by atoms with Gasteiger partial charge in [0.1, 0.15) is 0 Å². The van der Waals surface area contributed by atoms with Gasteiger partial charge >= 0.3 is 0 Å². The average Bonchev–Trinajstić information content (AvgIpc) is 2.85. The lowest BCUT2D eigenvalue weighted by molar-refractivity contribution is -0.125. The van der Waals surface area contributed by atoms with Crippen LogP contribution in [0.15, 0.2) is 84.9 Å². The minimum absolute atomic E-state index is 0.00565. The molecule has 164 valence electrons. The number of hydrogen-bond donors (Lipinski definition) is 1. The lowest BCUT2D eigenvalue weighted by Crippen LogP contribution is -2.57. The number of nitrogens with one attached hydrogen (secondary N) is 1. The highest BCUT2D eigenvalue weighted by atomic mass is 16.2. The van der Waals surface area contributed by atoms with Gasteiger partial charge in [-0.1, -0.05) is 72.8 Å². The lowest BCUT2D eigenvalue weighted by Gasteiger charge is -2.41. The molecule has 2 amide bonds. The Hall–Kier alpha value is -3.44. The Bertz CT molecular complexity index is 1050. The number of hydrogen-bond acceptors (Lipinski definition) is 3. The van der Waals surface area contributed by atoms with Gasteiger partial charge in [0.25, 0.3) is 0 Å². The van der Waals surface area contributed by atoms with Gasteiger partial charge in [-0.25, -0.2) is 0 Å². The quantitative estimate of drug-likeness (QED) is 0.625. The van der Waals surface area contributed by atoms with Crippen molar-refractivity contribution >= 4 is 17.5 Å². The molecular weight excluding hydrogens is 398 g/mol. The third-order valence-electron chi connectivity index (χ3n) is 6.03. The molecule has 1 aliphatic rings. The Morgan fingerprint density at radius 1 is 0.938 bits per heavy atom. The van der Waals surface area contributed by atoms with Crippen LogP contribution in [0, 0.1) is 0 Å². The number of benzene rings is 3. The maximum Gasteiger partial charge on any atom is 0.241 e. The molecule has 0 aromatic heterocycles. The second kappa shape index (κ2) is 10.2. The minimum atomic E-state index is -0.00565. The van der Waals surface area contributed by atoms with Crippen LogP contribution in [0.1, 0.15) is 12.0 Å². The van der Waals surface area contributed by atoms with Crippen LogP contribution in [0.2, 0.25) is 0 Å². The first kappa shape index (κ1) is 21.8. The van der Waals surface area contributed by atoms with E-state index in [1.807, 2.05) is 53.4 Å². The Labute approximate surface area is 189 Å². The molecule has 1 aliphatic heterocycles. The van der Waals surface area contributed by atoms with Crippen molar-refractivity contribution in [2.24, 2.45) is 0 Å². The standard InChI is InChI=1S/C27H29N3O2/c1-28-26(31)15-16-29-20-27(32)30(19-25(29)17-21-9-4-2-5-10-21)24-14-8-13-23(18-24)22-11-6-3-7-12-22/h2-14,18,25H,15-17,19-20H2,1H3,(H,28,31). The van der Waals surface area contributed by atoms with E-state index in [1.165, 1.54) is 5.56 Å². The molecule has 1 N–H and O–H groups in total. The van der Waals surface area contributed by atoms with Gasteiger partial charge in [-0.05, 0) is 35.2 Å². The van der Waals surface area contributed by atoms with Crippen LogP contribution < -0.4 is 10.2 Å². The van der Waals surface area contributed by atoms with Gasteiger partial charge in [-0.3, -0.25) is 14.5 Å². The summed E-state index contributed by atoms with van der Waals surface area (Å²) in [7, 11) is 1.65. The van der Waals surface area contributed by atoms with Gasteiger partial charge in [-0.15, -0.1) is 0 Å². The van der Waals surface area contributed by atoms with E-state index in [1.54, 1.807) is 7.05 Å². The molecular formula is C27H29N3O2. The zero-order valence-electron chi connectivity index (χ0n) is 18.4. The first-order valence-corrected chi connectivity index (χ1v) is 11.1. The maximum absolute atomic E-state index is 13.1. The van der Waals surface area contributed by atoms with Gasteiger partial charge in [0.15, 0.2) is 0 Å². The van der Waals surface area contributed by atoms with Crippen molar-refractivity contribution in [2.45, 2.75) is 18.9 Å². The van der Waals surface area contributed by atoms with E-state index in [9.17, 15) is 9.59 Å². The normalized spacial score (nSPS) is 16.7. The molecule has 1 heterocycles. The second-order valence-corrected chi connectivity index (χ2v) is 8.16. The summed E-state index contributed by atoms with van der Waals surface area (Å²) in [6.45, 7) is 1.48. The van der Waals surface area contributed by atoms with Crippen LogP contribution in [0.3, 0.4) is 0 Å². The number of amides is 2. The first-order chi connectivity index (χ1) is 15.6. The highest BCUT2D eigenvalue weighted by molar-refractivity contribution is 5.96. The van der Waals surface area contributed by atoms with Crippen LogP contribution in [0.5, 0.6) is 0 Å². The molecule has 1 saturated heterocycles. The molecule has 0 saturated carbocycles. The van der Waals surface area contributed by atoms with Crippen LogP contribution in [0.4, 0.5) is 5.69 Å². The lowest BCUT2D eigenvalue weighted by atomic mass is 10.00. The number of carbonyl (C=O) groups excluding carboxylic acids is 2. The summed E-state index contributed by atoms with van der Waals surface area (Å²) in [4.78, 5) is 29.0. The summed E-state index contributed by atoms with van der Waals surface area (Å²) in [5, 5.41) is 2.68. The summed E-state index contributed by atoms with van der Waals surface area (Å²) in [5.74, 6) is 0.0605. The first-order valence-electron chi connectivity index (χ1n) is 11.1. The monoisotopic (exact) mass is 427 g/mol. The predicted octanol–water partition coefficient (Wildman–Crippen LogP) is 3.75. The van der Waals surface area contributed by atoms with Gasteiger partial charge in [0, 0.05) is 38.3 Å². The van der Waals surface area contributed by atoms with Crippen molar-refractivity contribution in [1.82, 2.24) is 10.2 Å². The third-order valence-corrected chi connectivity index (χ3v) is 6.03. The number of carbonyl (C=O) groups is 2. The Kier molecular flexibility index (Phi) is 6.97. The van der Waals surface area contributed by atoms with E-state index in [2.05, 4.69) is 46.6 Å². The molecule has 0 aliphatic carbocycles. The highest BCUT2D eigenvalue weighted by Crippen LogP contribution is 2.27. The largest absolute Gasteiger partial charge is 0.359 e. The van der Waals surface area contributed by atoms with E-state index >= 15 is 0 Å². The molecule has 1 atom stereocenters. The van der Waals surface area contributed by atoms with Gasteiger partial charge < -0.3 is 10.2 Å². The SMILES string of the molecule is CNC(=O)CCN1CC(=O)N(c2cccc(-c3ccccc3)c2)CC1Cc1ccccc1. The summed E-state index contributed by atoms with van der Waals surface area (Å²) >= 11 is 0. The average molecular weight is 428 g/mol. The molecule has 3 aromatic carbocycles. The van der Waals surface area contributed by atoms with E-state index in [-0.39, 0.29) is 17.9 Å². The van der Waals surface area contributed by atoms with Crippen LogP contribution in [-0.4, -0.2) is 49.4 Å². The third kappa shape index (κ3) is 5.24. The fourth-order valence-electron chi connectivity index (χ4n) is 4.26. The number of anilines is 1. The van der Waals surface area contributed by atoms with E-state index < -0.39 is 0 Å². The fourth-order valence-corrected chi connectivity index (χ4v) is 4.26. The van der Waals surface area contributed by atoms with Crippen molar-refractivity contribution in [3.8, 4) is 11.1 Å². The predicted molar refractivity (Wildman–Crippen MR) is 128 cm³/mol. The van der Waals surface area contributed by atoms with Crippen molar-refractivity contribution in [2.75, 3.05) is 31.6 Å². The van der Waals surface area contributed by atoms with E-state index in [4.69, 9.17) is 0 Å². The summed E-state index contributed by atoms with van der Waals surface area (Å²) in [6, 6.07) is 28.9. The highest BCUT2D eigenvalue weighted by Gasteiger charge is 2.33. The zero-order chi connectivity index (χ0) is 22.3. The smallest absolute Gasteiger partial charge is 0.241 e. The molecule has 32 heavy (non-hydrogen) atoms. The molecule has 1 fully saturated rings. The zero-order valence-corrected chi connectivity index (χ0v) is 18.4. The van der Waals surface area contributed by atoms with Crippen molar-refractivity contribution < 1.29 is 9.59 Å². The van der Waals surface area contributed by atoms with Gasteiger partial charge in [-0.2, -0.15) is 0 Å². The van der Waals surface area contributed by atoms with Crippen LogP contribution in [-0.2, 0) is 16.0 Å². The van der Waals surface area contributed by atoms with Crippen LogP contribution >= 0.6 is 0 Å². The van der Waals surface area contributed by atoms with Crippen molar-refractivity contribution in [1.29, 1.82) is 0 Å². The molecule has 5 heteroatoms. The summed E-state index contributed by atoms with van der Waals surface area (Å²) in [5.41, 5.74) is 4.37. The number of rotatable bonds is 7. The second-order valence-electron chi connectivity index (χ2n) is 8.16. The molecule has 0 bridgehead atoms. The molecule has 1 unspecified atom stereocenters. The number of nitrogens with zero attached hydrogens (tertiary/aromatic N) is 2. The van der Waals surface area contributed by atoms with Gasteiger partial charge in [0.2, 0.25) is 11.8 Å². The van der Waals surface area contributed by atoms with Crippen LogP contribution in [0.25, 0.3) is 11.1 Å². The van der Waals surface area contributed by atoms with Crippen molar-refractivity contribution in [3.63, 3.8) is 0 Å². The fraction of sp³-hybridized carbons (Fsp3) is 0.259. The maximum atomic E-state index is 13.1. The van der Waals surface area contributed by atoms with E-state index in [0.29, 0.717) is 26.1 Å². The molecule has 4 rings (SSSR count). The Morgan fingerprint density at radius 2 is 1.62 bits per heavy atom. The summed E-state index contributed by atoms with van der Waals surface area (Å²) < 4.78 is 0. The molecule has 0 spiro atoms. The van der Waals surface area contributed by atoms with E-state index in [0.717, 1.165) is 23.2 Å². The molecule has 5 nitrogen and oxygen atoms in total. The van der Waals surface area contributed by atoms with Gasteiger partial charge in [0.05, 0.1) is 6.54 Å². The molecule has 3 aromatic rings.